The predicted molar refractivity (Wildman–Crippen MR) is 67.8 cm³/mol. The first-order valence-electron chi connectivity index (χ1n) is 5.62. The van der Waals surface area contributed by atoms with Gasteiger partial charge in [-0.25, -0.2) is 0 Å². The minimum atomic E-state index is -0.763. The third-order valence-corrected chi connectivity index (χ3v) is 4.06. The molecule has 3 atom stereocenters. The minimum absolute atomic E-state index is 0.184. The van der Waals surface area contributed by atoms with Crippen molar-refractivity contribution < 1.29 is 4.21 Å². The summed E-state index contributed by atoms with van der Waals surface area (Å²) >= 11 is 0. The molecular formula is C11H21N3OS. The molecule has 0 saturated carbocycles. The number of nitrogens with zero attached hydrogens (tertiary/aromatic N) is 2. The summed E-state index contributed by atoms with van der Waals surface area (Å²) in [6, 6.07) is 0.256. The fourth-order valence-corrected chi connectivity index (χ4v) is 1.68. The molecule has 0 saturated heterocycles. The van der Waals surface area contributed by atoms with E-state index in [9.17, 15) is 4.21 Å². The molecule has 0 amide bonds. The molecule has 0 aromatic carbocycles. The van der Waals surface area contributed by atoms with Gasteiger partial charge in [-0.2, -0.15) is 5.10 Å². The molecule has 5 heteroatoms. The molecule has 1 aromatic rings. The van der Waals surface area contributed by atoms with Crippen molar-refractivity contribution in [3.05, 3.63) is 18.0 Å². The van der Waals surface area contributed by atoms with Gasteiger partial charge < -0.3 is 5.32 Å². The maximum Gasteiger partial charge on any atom is 0.0537 e. The van der Waals surface area contributed by atoms with Crippen molar-refractivity contribution in [1.82, 2.24) is 15.1 Å². The Labute approximate surface area is 99.9 Å². The Morgan fingerprint density at radius 3 is 2.75 bits per heavy atom. The van der Waals surface area contributed by atoms with Gasteiger partial charge in [0, 0.05) is 53.2 Å². The normalized spacial score (nSPS) is 17.0. The minimum Gasteiger partial charge on any atom is -0.309 e. The maximum atomic E-state index is 11.2. The molecule has 0 bridgehead atoms. The van der Waals surface area contributed by atoms with Crippen molar-refractivity contribution >= 4 is 10.8 Å². The van der Waals surface area contributed by atoms with E-state index in [1.165, 1.54) is 5.56 Å². The van der Waals surface area contributed by atoms with Crippen LogP contribution in [-0.4, -0.2) is 32.0 Å². The van der Waals surface area contributed by atoms with E-state index in [-0.39, 0.29) is 11.3 Å². The number of hydrogen-bond acceptors (Lipinski definition) is 3. The summed E-state index contributed by atoms with van der Waals surface area (Å²) in [7, 11) is -0.763. The molecule has 1 N–H and O–H groups in total. The van der Waals surface area contributed by atoms with Crippen LogP contribution in [0.5, 0.6) is 0 Å². The zero-order chi connectivity index (χ0) is 12.1. The van der Waals surface area contributed by atoms with E-state index in [0.29, 0.717) is 0 Å². The summed E-state index contributed by atoms with van der Waals surface area (Å²) < 4.78 is 13.1. The lowest BCUT2D eigenvalue weighted by molar-refractivity contribution is 0.567. The molecule has 0 aliphatic rings. The van der Waals surface area contributed by atoms with Crippen LogP contribution in [0, 0.1) is 0 Å². The SMILES string of the molecule is CCn1cc(C(C)NCC(C)S(C)=O)cn1. The lowest BCUT2D eigenvalue weighted by Crippen LogP contribution is -2.29. The van der Waals surface area contributed by atoms with Gasteiger partial charge in [0.15, 0.2) is 0 Å². The molecule has 4 nitrogen and oxygen atoms in total. The lowest BCUT2D eigenvalue weighted by Gasteiger charge is -2.15. The highest BCUT2D eigenvalue weighted by atomic mass is 32.2. The van der Waals surface area contributed by atoms with Crippen molar-refractivity contribution in [3.8, 4) is 0 Å². The van der Waals surface area contributed by atoms with Crippen molar-refractivity contribution in [2.75, 3.05) is 12.8 Å². The van der Waals surface area contributed by atoms with Crippen LogP contribution in [-0.2, 0) is 17.3 Å². The first-order chi connectivity index (χ1) is 7.54. The Morgan fingerprint density at radius 1 is 1.56 bits per heavy atom. The number of nitrogens with one attached hydrogen (secondary N) is 1. The summed E-state index contributed by atoms with van der Waals surface area (Å²) in [6.07, 6.45) is 5.67. The molecule has 0 radical (unpaired) electrons. The second kappa shape index (κ2) is 6.15. The second-order valence-corrected chi connectivity index (χ2v) is 5.87. The maximum absolute atomic E-state index is 11.2. The second-order valence-electron chi connectivity index (χ2n) is 4.07. The smallest absolute Gasteiger partial charge is 0.0537 e. The molecule has 0 aliphatic heterocycles. The van der Waals surface area contributed by atoms with Crippen LogP contribution in [0.4, 0.5) is 0 Å². The summed E-state index contributed by atoms with van der Waals surface area (Å²) in [5.74, 6) is 0. The number of aryl methyl sites for hydroxylation is 1. The standard InChI is InChI=1S/C11H21N3OS/c1-5-14-8-11(7-13-14)10(3)12-6-9(2)16(4)15/h7-10,12H,5-6H2,1-4H3. The van der Waals surface area contributed by atoms with Crippen LogP contribution in [0.1, 0.15) is 32.4 Å². The van der Waals surface area contributed by atoms with Gasteiger partial charge in [0.2, 0.25) is 0 Å². The Hall–Kier alpha value is -0.680. The monoisotopic (exact) mass is 243 g/mol. The average Bonchev–Trinajstić information content (AvgIpc) is 2.73. The van der Waals surface area contributed by atoms with Gasteiger partial charge in [-0.15, -0.1) is 0 Å². The highest BCUT2D eigenvalue weighted by molar-refractivity contribution is 7.84. The van der Waals surface area contributed by atoms with Crippen LogP contribution < -0.4 is 5.32 Å². The van der Waals surface area contributed by atoms with Crippen LogP contribution in [0.15, 0.2) is 12.4 Å². The van der Waals surface area contributed by atoms with E-state index >= 15 is 0 Å². The Morgan fingerprint density at radius 2 is 2.25 bits per heavy atom. The molecule has 1 rings (SSSR count). The molecule has 16 heavy (non-hydrogen) atoms. The largest absolute Gasteiger partial charge is 0.309 e. The molecule has 0 aliphatic carbocycles. The first kappa shape index (κ1) is 13.4. The molecule has 3 unspecified atom stereocenters. The zero-order valence-electron chi connectivity index (χ0n) is 10.4. The van der Waals surface area contributed by atoms with E-state index in [1.807, 2.05) is 24.0 Å². The Bertz CT molecular complexity index is 351. The highest BCUT2D eigenvalue weighted by Crippen LogP contribution is 2.10. The van der Waals surface area contributed by atoms with Gasteiger partial charge in [0.05, 0.1) is 6.20 Å². The number of hydrogen-bond donors (Lipinski definition) is 1. The summed E-state index contributed by atoms with van der Waals surface area (Å²) in [6.45, 7) is 7.81. The first-order valence-corrected chi connectivity index (χ1v) is 7.24. The average molecular weight is 243 g/mol. The van der Waals surface area contributed by atoms with E-state index in [2.05, 4.69) is 24.3 Å². The quantitative estimate of drug-likeness (QED) is 0.819. The number of aromatic nitrogens is 2. The summed E-state index contributed by atoms with van der Waals surface area (Å²) in [4.78, 5) is 0. The topological polar surface area (TPSA) is 46.9 Å². The Kier molecular flexibility index (Phi) is 5.15. The summed E-state index contributed by atoms with van der Waals surface area (Å²) in [5.41, 5.74) is 1.18. The van der Waals surface area contributed by atoms with Crippen LogP contribution >= 0.6 is 0 Å². The van der Waals surface area contributed by atoms with Crippen LogP contribution in [0.2, 0.25) is 0 Å². The van der Waals surface area contributed by atoms with Gasteiger partial charge in [0.25, 0.3) is 0 Å². The van der Waals surface area contributed by atoms with Gasteiger partial charge in [-0.1, -0.05) is 0 Å². The van der Waals surface area contributed by atoms with Gasteiger partial charge >= 0.3 is 0 Å². The van der Waals surface area contributed by atoms with E-state index in [0.717, 1.165) is 13.1 Å². The molecule has 0 fully saturated rings. The summed E-state index contributed by atoms with van der Waals surface area (Å²) in [5, 5.41) is 7.79. The van der Waals surface area contributed by atoms with E-state index in [1.54, 1.807) is 6.26 Å². The van der Waals surface area contributed by atoms with E-state index < -0.39 is 10.8 Å². The predicted octanol–water partition coefficient (Wildman–Crippen LogP) is 1.32. The van der Waals surface area contributed by atoms with Crippen molar-refractivity contribution in [3.63, 3.8) is 0 Å². The molecule has 92 valence electrons. The fraction of sp³-hybridized carbons (Fsp3) is 0.727. The van der Waals surface area contributed by atoms with Crippen molar-refractivity contribution in [1.29, 1.82) is 0 Å². The fourth-order valence-electron chi connectivity index (χ4n) is 1.35. The molecule has 1 heterocycles. The van der Waals surface area contributed by atoms with Gasteiger partial charge in [-0.05, 0) is 20.8 Å². The van der Waals surface area contributed by atoms with Crippen LogP contribution in [0.25, 0.3) is 0 Å². The third-order valence-electron chi connectivity index (χ3n) is 2.76. The van der Waals surface area contributed by atoms with Crippen LogP contribution in [0.3, 0.4) is 0 Å². The van der Waals surface area contributed by atoms with Gasteiger partial charge in [0.1, 0.15) is 0 Å². The van der Waals surface area contributed by atoms with Crippen molar-refractivity contribution in [2.45, 2.75) is 38.6 Å². The van der Waals surface area contributed by atoms with E-state index in [4.69, 9.17) is 0 Å². The van der Waals surface area contributed by atoms with Gasteiger partial charge in [-0.3, -0.25) is 8.89 Å². The third kappa shape index (κ3) is 3.72. The van der Waals surface area contributed by atoms with Crippen molar-refractivity contribution in [2.24, 2.45) is 0 Å². The lowest BCUT2D eigenvalue weighted by atomic mass is 10.2. The number of rotatable bonds is 6. The molecule has 0 spiro atoms. The Balaban J connectivity index is 2.46. The zero-order valence-corrected chi connectivity index (χ0v) is 11.3. The highest BCUT2D eigenvalue weighted by Gasteiger charge is 2.11. The molecular weight excluding hydrogens is 222 g/mol. The molecule has 1 aromatic heterocycles.